The van der Waals surface area contributed by atoms with E-state index in [2.05, 4.69) is 10.6 Å². The summed E-state index contributed by atoms with van der Waals surface area (Å²) in [6.07, 6.45) is 0.221. The first-order valence-corrected chi connectivity index (χ1v) is 9.12. The zero-order valence-corrected chi connectivity index (χ0v) is 15.2. The zero-order chi connectivity index (χ0) is 19.3. The quantitative estimate of drug-likeness (QED) is 0.718. The molecule has 0 fully saturated rings. The van der Waals surface area contributed by atoms with Gasteiger partial charge in [-0.1, -0.05) is 42.5 Å². The SMILES string of the molecule is O=C(Cc1cccc2ccccc12)NCC(=O)Nc1ccc2c(c1)OCCO2. The lowest BCUT2D eigenvalue weighted by molar-refractivity contribution is -0.123. The normalized spacial score (nSPS) is 12.4. The van der Waals surface area contributed by atoms with E-state index in [1.54, 1.807) is 18.2 Å². The monoisotopic (exact) mass is 376 g/mol. The van der Waals surface area contributed by atoms with Gasteiger partial charge in [0.15, 0.2) is 11.5 Å². The van der Waals surface area contributed by atoms with Crippen molar-refractivity contribution >= 4 is 28.3 Å². The first-order valence-electron chi connectivity index (χ1n) is 9.12. The molecule has 6 nitrogen and oxygen atoms in total. The Hall–Kier alpha value is -3.54. The van der Waals surface area contributed by atoms with Crippen LogP contribution >= 0.6 is 0 Å². The average Bonchev–Trinajstić information content (AvgIpc) is 2.72. The lowest BCUT2D eigenvalue weighted by atomic mass is 10.0. The summed E-state index contributed by atoms with van der Waals surface area (Å²) in [5.41, 5.74) is 1.53. The van der Waals surface area contributed by atoms with E-state index in [1.165, 1.54) is 0 Å². The van der Waals surface area contributed by atoms with E-state index in [0.717, 1.165) is 16.3 Å². The molecule has 3 aromatic carbocycles. The van der Waals surface area contributed by atoms with E-state index in [0.29, 0.717) is 30.4 Å². The molecule has 6 heteroatoms. The molecule has 1 heterocycles. The molecule has 1 aliphatic rings. The second kappa shape index (κ2) is 8.00. The van der Waals surface area contributed by atoms with Crippen LogP contribution in [0.5, 0.6) is 11.5 Å². The highest BCUT2D eigenvalue weighted by Gasteiger charge is 2.13. The highest BCUT2D eigenvalue weighted by Crippen LogP contribution is 2.32. The van der Waals surface area contributed by atoms with E-state index in [4.69, 9.17) is 9.47 Å². The summed E-state index contributed by atoms with van der Waals surface area (Å²) in [6, 6.07) is 19.0. The van der Waals surface area contributed by atoms with Crippen LogP contribution in [-0.2, 0) is 16.0 Å². The fourth-order valence-electron chi connectivity index (χ4n) is 3.19. The minimum Gasteiger partial charge on any atom is -0.486 e. The molecule has 0 aliphatic carbocycles. The second-order valence-corrected chi connectivity index (χ2v) is 6.50. The molecule has 1 aliphatic heterocycles. The molecule has 4 rings (SSSR count). The van der Waals surface area contributed by atoms with Crippen LogP contribution in [0.2, 0.25) is 0 Å². The van der Waals surface area contributed by atoms with E-state index < -0.39 is 0 Å². The molecule has 2 N–H and O–H groups in total. The highest BCUT2D eigenvalue weighted by molar-refractivity contribution is 5.96. The first kappa shape index (κ1) is 17.9. The first-order chi connectivity index (χ1) is 13.7. The number of ether oxygens (including phenoxy) is 2. The van der Waals surface area contributed by atoms with Crippen LogP contribution in [-0.4, -0.2) is 31.6 Å². The number of anilines is 1. The van der Waals surface area contributed by atoms with E-state index in [-0.39, 0.29) is 24.8 Å². The Bertz CT molecular complexity index is 1030. The van der Waals surface area contributed by atoms with Crippen LogP contribution in [0.25, 0.3) is 10.8 Å². The van der Waals surface area contributed by atoms with Crippen molar-refractivity contribution in [2.75, 3.05) is 25.1 Å². The maximum absolute atomic E-state index is 12.3. The molecule has 142 valence electrons. The number of carbonyl (C=O) groups excluding carboxylic acids is 2. The van der Waals surface area contributed by atoms with Gasteiger partial charge in [-0.2, -0.15) is 0 Å². The topological polar surface area (TPSA) is 76.7 Å². The Morgan fingerprint density at radius 2 is 1.64 bits per heavy atom. The smallest absolute Gasteiger partial charge is 0.243 e. The van der Waals surface area contributed by atoms with Crippen molar-refractivity contribution < 1.29 is 19.1 Å². The molecule has 2 amide bonds. The molecule has 0 aromatic heterocycles. The summed E-state index contributed by atoms with van der Waals surface area (Å²) < 4.78 is 11.0. The summed E-state index contributed by atoms with van der Waals surface area (Å²) in [5.74, 6) is 0.758. The van der Waals surface area contributed by atoms with E-state index >= 15 is 0 Å². The van der Waals surface area contributed by atoms with Crippen LogP contribution in [0, 0.1) is 0 Å². The summed E-state index contributed by atoms with van der Waals surface area (Å²) in [4.78, 5) is 24.4. The summed E-state index contributed by atoms with van der Waals surface area (Å²) in [7, 11) is 0. The van der Waals surface area contributed by atoms with Crippen LogP contribution in [0.15, 0.2) is 60.7 Å². The van der Waals surface area contributed by atoms with Gasteiger partial charge in [-0.05, 0) is 28.5 Å². The fraction of sp³-hybridized carbons (Fsp3) is 0.182. The Morgan fingerprint density at radius 1 is 0.857 bits per heavy atom. The maximum Gasteiger partial charge on any atom is 0.243 e. The number of fused-ring (bicyclic) bond motifs is 2. The van der Waals surface area contributed by atoms with E-state index in [1.807, 2.05) is 42.5 Å². The van der Waals surface area contributed by atoms with Crippen LogP contribution < -0.4 is 20.1 Å². The van der Waals surface area contributed by atoms with Gasteiger partial charge < -0.3 is 20.1 Å². The molecule has 0 saturated carbocycles. The van der Waals surface area contributed by atoms with Crippen molar-refractivity contribution in [1.29, 1.82) is 0 Å². The van der Waals surface area contributed by atoms with Crippen LogP contribution in [0.1, 0.15) is 5.56 Å². The van der Waals surface area contributed by atoms with E-state index in [9.17, 15) is 9.59 Å². The van der Waals surface area contributed by atoms with Gasteiger partial charge in [-0.25, -0.2) is 0 Å². The Kier molecular flexibility index (Phi) is 5.10. The lowest BCUT2D eigenvalue weighted by Crippen LogP contribution is -2.33. The predicted molar refractivity (Wildman–Crippen MR) is 107 cm³/mol. The number of nitrogens with one attached hydrogen (secondary N) is 2. The van der Waals surface area contributed by atoms with Gasteiger partial charge in [0.05, 0.1) is 13.0 Å². The fourth-order valence-corrected chi connectivity index (χ4v) is 3.19. The predicted octanol–water partition coefficient (Wildman–Crippen LogP) is 2.91. The number of amides is 2. The van der Waals surface area contributed by atoms with Crippen molar-refractivity contribution in [2.45, 2.75) is 6.42 Å². The molecule has 0 bridgehead atoms. The maximum atomic E-state index is 12.3. The highest BCUT2D eigenvalue weighted by atomic mass is 16.6. The molecule has 0 radical (unpaired) electrons. The third kappa shape index (κ3) is 4.06. The van der Waals surface area contributed by atoms with Crippen LogP contribution in [0.4, 0.5) is 5.69 Å². The third-order valence-electron chi connectivity index (χ3n) is 4.50. The van der Waals surface area contributed by atoms with Gasteiger partial charge in [-0.15, -0.1) is 0 Å². The van der Waals surface area contributed by atoms with Crippen molar-refractivity contribution in [3.63, 3.8) is 0 Å². The summed E-state index contributed by atoms with van der Waals surface area (Å²) in [5, 5.41) is 7.55. The number of benzene rings is 3. The number of carbonyl (C=O) groups is 2. The molecule has 0 saturated heterocycles. The number of hydrogen-bond donors (Lipinski definition) is 2. The number of hydrogen-bond acceptors (Lipinski definition) is 4. The molecule has 0 atom stereocenters. The van der Waals surface area contributed by atoms with Gasteiger partial charge >= 0.3 is 0 Å². The van der Waals surface area contributed by atoms with Crippen molar-refractivity contribution in [2.24, 2.45) is 0 Å². The van der Waals surface area contributed by atoms with Crippen LogP contribution in [0.3, 0.4) is 0 Å². The molecule has 3 aromatic rings. The molecule has 0 spiro atoms. The van der Waals surface area contributed by atoms with Gasteiger partial charge in [0.2, 0.25) is 11.8 Å². The van der Waals surface area contributed by atoms with Crippen molar-refractivity contribution in [3.8, 4) is 11.5 Å². The minimum atomic E-state index is -0.303. The summed E-state index contributed by atoms with van der Waals surface area (Å²) in [6.45, 7) is 0.897. The largest absolute Gasteiger partial charge is 0.486 e. The average molecular weight is 376 g/mol. The molecular weight excluding hydrogens is 356 g/mol. The molecule has 0 unspecified atom stereocenters. The van der Waals surface area contributed by atoms with Crippen molar-refractivity contribution in [1.82, 2.24) is 5.32 Å². The summed E-state index contributed by atoms with van der Waals surface area (Å²) >= 11 is 0. The standard InChI is InChI=1S/C22H20N2O4/c25-21(12-16-6-3-5-15-4-1-2-7-18(15)16)23-14-22(26)24-17-8-9-19-20(13-17)28-11-10-27-19/h1-9,13H,10-12,14H2,(H,23,25)(H,24,26). The third-order valence-corrected chi connectivity index (χ3v) is 4.50. The zero-order valence-electron chi connectivity index (χ0n) is 15.2. The Labute approximate surface area is 162 Å². The molecule has 28 heavy (non-hydrogen) atoms. The minimum absolute atomic E-state index is 0.0992. The second-order valence-electron chi connectivity index (χ2n) is 6.50. The molecular formula is C22H20N2O4. The van der Waals surface area contributed by atoms with Gasteiger partial charge in [0, 0.05) is 11.8 Å². The lowest BCUT2D eigenvalue weighted by Gasteiger charge is -2.19. The Balaban J connectivity index is 1.32. The number of rotatable bonds is 5. The van der Waals surface area contributed by atoms with Gasteiger partial charge in [0.1, 0.15) is 13.2 Å². The van der Waals surface area contributed by atoms with Gasteiger partial charge in [0.25, 0.3) is 0 Å². The van der Waals surface area contributed by atoms with Gasteiger partial charge in [-0.3, -0.25) is 9.59 Å². The van der Waals surface area contributed by atoms with Crippen molar-refractivity contribution in [3.05, 3.63) is 66.2 Å². The Morgan fingerprint density at radius 3 is 2.54 bits per heavy atom.